The van der Waals surface area contributed by atoms with E-state index in [0.29, 0.717) is 5.69 Å². The molecule has 4 nitrogen and oxygen atoms in total. The largest absolute Gasteiger partial charge is 0.395 e. The molecule has 102 valence electrons. The Bertz CT molecular complexity index is 344. The maximum absolute atomic E-state index is 9.88. The van der Waals surface area contributed by atoms with Crippen molar-refractivity contribution < 1.29 is 10.2 Å². The summed E-state index contributed by atoms with van der Waals surface area (Å²) in [6.07, 6.45) is 4.82. The van der Waals surface area contributed by atoms with Gasteiger partial charge in [0, 0.05) is 5.69 Å². The van der Waals surface area contributed by atoms with E-state index < -0.39 is 12.1 Å². The molecule has 0 saturated carbocycles. The average molecular weight is 252 g/mol. The number of hydrogen-bond acceptors (Lipinski definition) is 4. The van der Waals surface area contributed by atoms with Gasteiger partial charge in [-0.05, 0) is 25.0 Å². The third kappa shape index (κ3) is 4.72. The Kier molecular flexibility index (Phi) is 6.86. The number of aryl methyl sites for hydroxylation is 1. The second-order valence-electron chi connectivity index (χ2n) is 4.66. The molecule has 0 fully saturated rings. The number of rotatable bonds is 8. The predicted octanol–water partition coefficient (Wildman–Crippen LogP) is 1.56. The van der Waals surface area contributed by atoms with Crippen LogP contribution < -0.4 is 5.73 Å². The molecule has 0 unspecified atom stereocenters. The lowest BCUT2D eigenvalue weighted by Gasteiger charge is -2.16. The molecular formula is C14H24N2O2. The normalized spacial score (nSPS) is 14.4. The Morgan fingerprint density at radius 3 is 2.72 bits per heavy atom. The minimum atomic E-state index is -0.898. The molecule has 1 heterocycles. The van der Waals surface area contributed by atoms with Crippen LogP contribution in [0.25, 0.3) is 0 Å². The standard InChI is InChI=1S/C14H24N2O2/c1-2-3-4-5-7-11-8-6-9-13(16-11)14(18)12(15)10-17/h6,8-9,12,14,17-18H,2-5,7,10,15H2,1H3/t12-,14-/m0/s1. The van der Waals surface area contributed by atoms with Crippen LogP contribution in [0.15, 0.2) is 18.2 Å². The number of aliphatic hydroxyl groups is 2. The van der Waals surface area contributed by atoms with Gasteiger partial charge in [-0.2, -0.15) is 0 Å². The van der Waals surface area contributed by atoms with Crippen LogP contribution in [0.1, 0.15) is 50.1 Å². The Morgan fingerprint density at radius 1 is 1.28 bits per heavy atom. The molecule has 0 aromatic carbocycles. The summed E-state index contributed by atoms with van der Waals surface area (Å²) in [6, 6.07) is 4.92. The summed E-state index contributed by atoms with van der Waals surface area (Å²) in [7, 11) is 0. The fourth-order valence-electron chi connectivity index (χ4n) is 1.85. The van der Waals surface area contributed by atoms with E-state index in [1.54, 1.807) is 6.07 Å². The zero-order valence-corrected chi connectivity index (χ0v) is 11.0. The van der Waals surface area contributed by atoms with Crippen LogP contribution in [0, 0.1) is 0 Å². The number of unbranched alkanes of at least 4 members (excludes halogenated alkanes) is 3. The molecule has 1 aromatic heterocycles. The van der Waals surface area contributed by atoms with Crippen molar-refractivity contribution >= 4 is 0 Å². The van der Waals surface area contributed by atoms with Gasteiger partial charge in [0.05, 0.1) is 18.3 Å². The number of pyridine rings is 1. The molecular weight excluding hydrogens is 228 g/mol. The van der Waals surface area contributed by atoms with Gasteiger partial charge in [-0.15, -0.1) is 0 Å². The van der Waals surface area contributed by atoms with E-state index in [4.69, 9.17) is 10.8 Å². The fourth-order valence-corrected chi connectivity index (χ4v) is 1.85. The van der Waals surface area contributed by atoms with Gasteiger partial charge < -0.3 is 15.9 Å². The molecule has 4 N–H and O–H groups in total. The van der Waals surface area contributed by atoms with E-state index in [0.717, 1.165) is 18.5 Å². The van der Waals surface area contributed by atoms with E-state index >= 15 is 0 Å². The molecule has 18 heavy (non-hydrogen) atoms. The maximum atomic E-state index is 9.88. The SMILES string of the molecule is CCCCCCc1cccc([C@@H](O)[C@@H](N)CO)n1. The van der Waals surface area contributed by atoms with Crippen molar-refractivity contribution in [1.29, 1.82) is 0 Å². The summed E-state index contributed by atoms with van der Waals surface area (Å²) < 4.78 is 0. The van der Waals surface area contributed by atoms with Crippen LogP contribution in [0.3, 0.4) is 0 Å². The maximum Gasteiger partial charge on any atom is 0.113 e. The first-order chi connectivity index (χ1) is 8.69. The highest BCUT2D eigenvalue weighted by atomic mass is 16.3. The minimum absolute atomic E-state index is 0.246. The lowest BCUT2D eigenvalue weighted by molar-refractivity contribution is 0.106. The van der Waals surface area contributed by atoms with E-state index in [2.05, 4.69) is 11.9 Å². The lowest BCUT2D eigenvalue weighted by Crippen LogP contribution is -2.32. The fraction of sp³-hybridized carbons (Fsp3) is 0.643. The van der Waals surface area contributed by atoms with Gasteiger partial charge in [-0.3, -0.25) is 4.98 Å². The molecule has 0 spiro atoms. The third-order valence-corrected chi connectivity index (χ3v) is 3.03. The van der Waals surface area contributed by atoms with Crippen LogP contribution in [-0.4, -0.2) is 27.8 Å². The second-order valence-corrected chi connectivity index (χ2v) is 4.66. The highest BCUT2D eigenvalue weighted by Gasteiger charge is 2.17. The van der Waals surface area contributed by atoms with Gasteiger partial charge in [0.15, 0.2) is 0 Å². The van der Waals surface area contributed by atoms with E-state index in [9.17, 15) is 5.11 Å². The first kappa shape index (κ1) is 15.1. The van der Waals surface area contributed by atoms with Crippen LogP contribution >= 0.6 is 0 Å². The van der Waals surface area contributed by atoms with E-state index in [1.165, 1.54) is 19.3 Å². The highest BCUT2D eigenvalue weighted by Crippen LogP contribution is 2.14. The quantitative estimate of drug-likeness (QED) is 0.613. The Balaban J connectivity index is 2.56. The van der Waals surface area contributed by atoms with Gasteiger partial charge in [0.25, 0.3) is 0 Å². The van der Waals surface area contributed by atoms with Crippen molar-refractivity contribution in [2.24, 2.45) is 5.73 Å². The molecule has 0 aliphatic rings. The number of hydrogen-bond donors (Lipinski definition) is 3. The average Bonchev–Trinajstić information content (AvgIpc) is 2.42. The summed E-state index contributed by atoms with van der Waals surface area (Å²) in [5.74, 6) is 0. The molecule has 2 atom stereocenters. The van der Waals surface area contributed by atoms with Crippen molar-refractivity contribution in [1.82, 2.24) is 4.98 Å². The topological polar surface area (TPSA) is 79.4 Å². The zero-order chi connectivity index (χ0) is 13.4. The van der Waals surface area contributed by atoms with Crippen molar-refractivity contribution in [3.8, 4) is 0 Å². The molecule has 0 bridgehead atoms. The molecule has 1 rings (SSSR count). The highest BCUT2D eigenvalue weighted by molar-refractivity contribution is 5.14. The first-order valence-corrected chi connectivity index (χ1v) is 6.69. The van der Waals surface area contributed by atoms with Gasteiger partial charge >= 0.3 is 0 Å². The second kappa shape index (κ2) is 8.19. The van der Waals surface area contributed by atoms with Crippen LogP contribution in [0.4, 0.5) is 0 Å². The molecule has 0 amide bonds. The van der Waals surface area contributed by atoms with E-state index in [-0.39, 0.29) is 6.61 Å². The summed E-state index contributed by atoms with van der Waals surface area (Å²) in [4.78, 5) is 4.40. The minimum Gasteiger partial charge on any atom is -0.395 e. The van der Waals surface area contributed by atoms with Crippen molar-refractivity contribution in [3.05, 3.63) is 29.6 Å². The van der Waals surface area contributed by atoms with Gasteiger partial charge in [0.1, 0.15) is 6.10 Å². The van der Waals surface area contributed by atoms with Crippen LogP contribution in [0.5, 0.6) is 0 Å². The molecule has 0 saturated heterocycles. The predicted molar refractivity (Wildman–Crippen MR) is 72.1 cm³/mol. The van der Waals surface area contributed by atoms with Gasteiger partial charge in [0.2, 0.25) is 0 Å². The smallest absolute Gasteiger partial charge is 0.113 e. The van der Waals surface area contributed by atoms with Crippen molar-refractivity contribution in [3.63, 3.8) is 0 Å². The van der Waals surface area contributed by atoms with Gasteiger partial charge in [-0.25, -0.2) is 0 Å². The number of aliphatic hydroxyl groups excluding tert-OH is 2. The zero-order valence-electron chi connectivity index (χ0n) is 11.0. The monoisotopic (exact) mass is 252 g/mol. The van der Waals surface area contributed by atoms with Crippen molar-refractivity contribution in [2.45, 2.75) is 51.2 Å². The summed E-state index contributed by atoms with van der Waals surface area (Å²) in [5, 5.41) is 18.8. The molecule has 0 radical (unpaired) electrons. The Labute approximate surface area is 109 Å². The molecule has 1 aromatic rings. The lowest BCUT2D eigenvalue weighted by atomic mass is 10.1. The Hall–Kier alpha value is -0.970. The molecule has 4 heteroatoms. The van der Waals surface area contributed by atoms with E-state index in [1.807, 2.05) is 12.1 Å². The molecule has 0 aliphatic carbocycles. The van der Waals surface area contributed by atoms with Gasteiger partial charge in [-0.1, -0.05) is 32.3 Å². The van der Waals surface area contributed by atoms with Crippen LogP contribution in [-0.2, 0) is 6.42 Å². The summed E-state index contributed by atoms with van der Waals surface area (Å²) >= 11 is 0. The summed E-state index contributed by atoms with van der Waals surface area (Å²) in [5.41, 5.74) is 7.12. The third-order valence-electron chi connectivity index (χ3n) is 3.03. The summed E-state index contributed by atoms with van der Waals surface area (Å²) in [6.45, 7) is 1.94. The van der Waals surface area contributed by atoms with Crippen molar-refractivity contribution in [2.75, 3.05) is 6.61 Å². The molecule has 0 aliphatic heterocycles. The number of nitrogens with two attached hydrogens (primary N) is 1. The van der Waals surface area contributed by atoms with Crippen LogP contribution in [0.2, 0.25) is 0 Å². The first-order valence-electron chi connectivity index (χ1n) is 6.69. The number of nitrogens with zero attached hydrogens (tertiary/aromatic N) is 1. The Morgan fingerprint density at radius 2 is 2.06 bits per heavy atom. The number of aromatic nitrogens is 1.